The third-order valence-electron chi connectivity index (χ3n) is 12.1. The first-order valence-corrected chi connectivity index (χ1v) is 27.5. The van der Waals surface area contributed by atoms with Crippen LogP contribution in [0.4, 0.5) is 0 Å². The molecule has 0 unspecified atom stereocenters. The summed E-state index contributed by atoms with van der Waals surface area (Å²) in [5.41, 5.74) is 0. The lowest BCUT2D eigenvalue weighted by Gasteiger charge is -2.18. The van der Waals surface area contributed by atoms with Crippen LogP contribution in [0.3, 0.4) is 0 Å². The molecule has 0 aliphatic heterocycles. The van der Waals surface area contributed by atoms with Gasteiger partial charge in [0.2, 0.25) is 0 Å². The van der Waals surface area contributed by atoms with Crippen molar-refractivity contribution in [2.45, 2.75) is 297 Å². The molecule has 0 aliphatic rings. The lowest BCUT2D eigenvalue weighted by molar-refractivity contribution is -0.167. The minimum Gasteiger partial charge on any atom is -0.462 e. The molecule has 0 saturated carbocycles. The number of allylic oxidation sites excluding steroid dienone is 6. The van der Waals surface area contributed by atoms with Gasteiger partial charge in [0, 0.05) is 19.3 Å². The molecule has 0 heterocycles. The van der Waals surface area contributed by atoms with Gasteiger partial charge in [0.1, 0.15) is 13.2 Å². The standard InChI is InChI=1S/C57H104O6/c1-4-7-10-13-16-19-22-24-26-27-28-29-31-33-36-38-41-44-47-50-56(59)62-53-54(63-57(60)51-48-45-42-39-34-21-18-15-12-9-6-3)52-61-55(58)49-46-43-40-37-35-32-30-25-23-20-17-14-11-8-5-2/h15,18,20,23-24,26,54H,4-14,16-17,19,21-22,25,27-53H2,1-3H3/b18-15-,23-20-,26-24-/t54-/m0/s1. The van der Waals surface area contributed by atoms with Crippen molar-refractivity contribution >= 4 is 17.9 Å². The van der Waals surface area contributed by atoms with Crippen LogP contribution in [0.25, 0.3) is 0 Å². The highest BCUT2D eigenvalue weighted by molar-refractivity contribution is 5.71. The summed E-state index contributed by atoms with van der Waals surface area (Å²) in [6.45, 7) is 6.60. The van der Waals surface area contributed by atoms with Crippen molar-refractivity contribution < 1.29 is 28.6 Å². The second kappa shape index (κ2) is 52.3. The molecule has 0 aromatic rings. The highest BCUT2D eigenvalue weighted by Gasteiger charge is 2.19. The van der Waals surface area contributed by atoms with Crippen LogP contribution in [0, 0.1) is 0 Å². The maximum absolute atomic E-state index is 12.8. The number of rotatable bonds is 50. The molecule has 0 aliphatic carbocycles. The van der Waals surface area contributed by atoms with E-state index in [2.05, 4.69) is 57.2 Å². The van der Waals surface area contributed by atoms with Crippen molar-refractivity contribution in [1.82, 2.24) is 0 Å². The normalized spacial score (nSPS) is 12.2. The van der Waals surface area contributed by atoms with Crippen molar-refractivity contribution in [2.75, 3.05) is 13.2 Å². The fourth-order valence-corrected chi connectivity index (χ4v) is 7.88. The zero-order valence-corrected chi connectivity index (χ0v) is 42.1. The molecular weight excluding hydrogens is 781 g/mol. The Morgan fingerprint density at radius 1 is 0.302 bits per heavy atom. The summed E-state index contributed by atoms with van der Waals surface area (Å²) in [7, 11) is 0. The highest BCUT2D eigenvalue weighted by atomic mass is 16.6. The van der Waals surface area contributed by atoms with Gasteiger partial charge in [-0.15, -0.1) is 0 Å². The fourth-order valence-electron chi connectivity index (χ4n) is 7.88. The monoisotopic (exact) mass is 885 g/mol. The Hall–Kier alpha value is -2.37. The molecule has 0 aromatic carbocycles. The van der Waals surface area contributed by atoms with E-state index < -0.39 is 6.10 Å². The molecule has 0 spiro atoms. The Kier molecular flexibility index (Phi) is 50.3. The van der Waals surface area contributed by atoms with Gasteiger partial charge in [-0.05, 0) is 89.9 Å². The maximum atomic E-state index is 12.8. The first-order chi connectivity index (χ1) is 31.0. The van der Waals surface area contributed by atoms with Crippen LogP contribution in [0.15, 0.2) is 36.5 Å². The van der Waals surface area contributed by atoms with Gasteiger partial charge in [0.25, 0.3) is 0 Å². The molecule has 6 heteroatoms. The van der Waals surface area contributed by atoms with E-state index in [1.165, 1.54) is 180 Å². The van der Waals surface area contributed by atoms with E-state index >= 15 is 0 Å². The molecule has 0 N–H and O–H groups in total. The third kappa shape index (κ3) is 50.5. The molecule has 0 amide bonds. The Morgan fingerprint density at radius 3 is 0.857 bits per heavy atom. The minimum atomic E-state index is -0.776. The summed E-state index contributed by atoms with van der Waals surface area (Å²) < 4.78 is 16.8. The van der Waals surface area contributed by atoms with Gasteiger partial charge < -0.3 is 14.2 Å². The summed E-state index contributed by atoms with van der Waals surface area (Å²) in [6.07, 6.45) is 61.3. The van der Waals surface area contributed by atoms with E-state index in [0.717, 1.165) is 70.6 Å². The Labute approximate surface area is 391 Å². The van der Waals surface area contributed by atoms with Crippen molar-refractivity contribution in [3.63, 3.8) is 0 Å². The topological polar surface area (TPSA) is 78.9 Å². The molecule has 63 heavy (non-hydrogen) atoms. The molecule has 6 nitrogen and oxygen atoms in total. The molecule has 0 saturated heterocycles. The van der Waals surface area contributed by atoms with Crippen LogP contribution in [0.5, 0.6) is 0 Å². The first kappa shape index (κ1) is 60.6. The smallest absolute Gasteiger partial charge is 0.306 e. The second-order valence-electron chi connectivity index (χ2n) is 18.5. The summed E-state index contributed by atoms with van der Waals surface area (Å²) in [6, 6.07) is 0. The quantitative estimate of drug-likeness (QED) is 0.0262. The second-order valence-corrected chi connectivity index (χ2v) is 18.5. The van der Waals surface area contributed by atoms with E-state index in [1.807, 2.05) is 0 Å². The summed E-state index contributed by atoms with van der Waals surface area (Å²) in [5, 5.41) is 0. The van der Waals surface area contributed by atoms with Crippen LogP contribution < -0.4 is 0 Å². The zero-order valence-electron chi connectivity index (χ0n) is 42.1. The minimum absolute atomic E-state index is 0.0761. The molecule has 0 rings (SSSR count). The van der Waals surface area contributed by atoms with Crippen molar-refractivity contribution in [1.29, 1.82) is 0 Å². The molecule has 0 bridgehead atoms. The van der Waals surface area contributed by atoms with E-state index in [1.54, 1.807) is 0 Å². The van der Waals surface area contributed by atoms with Crippen LogP contribution in [0.2, 0.25) is 0 Å². The Balaban J connectivity index is 4.30. The Morgan fingerprint density at radius 2 is 0.540 bits per heavy atom. The summed E-state index contributed by atoms with van der Waals surface area (Å²) in [5.74, 6) is -0.881. The third-order valence-corrected chi connectivity index (χ3v) is 12.1. The number of esters is 3. The molecule has 1 atom stereocenters. The predicted molar refractivity (Wildman–Crippen MR) is 270 cm³/mol. The fraction of sp³-hybridized carbons (Fsp3) is 0.842. The molecular formula is C57H104O6. The number of hydrogen-bond donors (Lipinski definition) is 0. The van der Waals surface area contributed by atoms with Gasteiger partial charge in [-0.25, -0.2) is 0 Å². The van der Waals surface area contributed by atoms with E-state index in [-0.39, 0.29) is 31.1 Å². The van der Waals surface area contributed by atoms with Gasteiger partial charge in [-0.1, -0.05) is 218 Å². The Bertz CT molecular complexity index is 1060. The van der Waals surface area contributed by atoms with Crippen LogP contribution >= 0.6 is 0 Å². The van der Waals surface area contributed by atoms with Crippen LogP contribution in [-0.4, -0.2) is 37.2 Å². The van der Waals surface area contributed by atoms with Crippen molar-refractivity contribution in [3.8, 4) is 0 Å². The number of unbranched alkanes of at least 4 members (excludes halogenated alkanes) is 33. The summed E-state index contributed by atoms with van der Waals surface area (Å²) in [4.78, 5) is 38.0. The largest absolute Gasteiger partial charge is 0.462 e. The van der Waals surface area contributed by atoms with Crippen molar-refractivity contribution in [2.24, 2.45) is 0 Å². The average molecular weight is 885 g/mol. The zero-order chi connectivity index (χ0) is 45.8. The maximum Gasteiger partial charge on any atom is 0.306 e. The number of carbonyl (C=O) groups excluding carboxylic acids is 3. The van der Waals surface area contributed by atoms with Gasteiger partial charge in [-0.2, -0.15) is 0 Å². The molecule has 0 radical (unpaired) electrons. The average Bonchev–Trinajstić information content (AvgIpc) is 3.28. The number of carbonyl (C=O) groups is 3. The molecule has 368 valence electrons. The van der Waals surface area contributed by atoms with Crippen LogP contribution in [-0.2, 0) is 28.6 Å². The molecule has 0 aromatic heterocycles. The van der Waals surface area contributed by atoms with Gasteiger partial charge in [0.05, 0.1) is 0 Å². The number of hydrogen-bond acceptors (Lipinski definition) is 6. The van der Waals surface area contributed by atoms with Gasteiger partial charge >= 0.3 is 17.9 Å². The van der Waals surface area contributed by atoms with Crippen molar-refractivity contribution in [3.05, 3.63) is 36.5 Å². The lowest BCUT2D eigenvalue weighted by atomic mass is 10.1. The summed E-state index contributed by atoms with van der Waals surface area (Å²) >= 11 is 0. The number of ether oxygens (including phenoxy) is 3. The van der Waals surface area contributed by atoms with E-state index in [0.29, 0.717) is 19.3 Å². The van der Waals surface area contributed by atoms with E-state index in [4.69, 9.17) is 14.2 Å². The SMILES string of the molecule is CCCC/C=C\CCCCCCCC(=O)O[C@@H](COC(=O)CCCCCCCCC/C=C\CCCCCC)COC(=O)CCCCCCCCCCC/C=C\CCCCCCCC. The molecule has 0 fully saturated rings. The predicted octanol–water partition coefficient (Wildman–Crippen LogP) is 18.1. The highest BCUT2D eigenvalue weighted by Crippen LogP contribution is 2.15. The van der Waals surface area contributed by atoms with E-state index in [9.17, 15) is 14.4 Å². The van der Waals surface area contributed by atoms with Gasteiger partial charge in [-0.3, -0.25) is 14.4 Å². The lowest BCUT2D eigenvalue weighted by Crippen LogP contribution is -2.30. The first-order valence-electron chi connectivity index (χ1n) is 27.5. The van der Waals surface area contributed by atoms with Crippen LogP contribution in [0.1, 0.15) is 290 Å². The van der Waals surface area contributed by atoms with Gasteiger partial charge in [0.15, 0.2) is 6.10 Å².